The molecule has 20 heavy (non-hydrogen) atoms. The molecule has 0 radical (unpaired) electrons. The highest BCUT2D eigenvalue weighted by Crippen LogP contribution is 2.34. The van der Waals surface area contributed by atoms with E-state index in [4.69, 9.17) is 17.3 Å². The highest BCUT2D eigenvalue weighted by atomic mass is 35.5. The summed E-state index contributed by atoms with van der Waals surface area (Å²) in [6.45, 7) is 3.38. The van der Waals surface area contributed by atoms with Gasteiger partial charge in [0, 0.05) is 23.2 Å². The minimum absolute atomic E-state index is 0.128. The van der Waals surface area contributed by atoms with Gasteiger partial charge in [-0.15, -0.1) is 0 Å². The normalized spacial score (nSPS) is 18.4. The fraction of sp³-hybridized carbons (Fsp3) is 0.625. The van der Waals surface area contributed by atoms with Crippen LogP contribution in [0.15, 0.2) is 18.2 Å². The van der Waals surface area contributed by atoms with Crippen molar-refractivity contribution in [1.82, 2.24) is 4.90 Å². The summed E-state index contributed by atoms with van der Waals surface area (Å²) >= 11 is 6.22. The standard InChI is InChI=1S/C16H24ClFN2/c1-2-20(12-7-4-3-5-8-12)15(11-19)16-13(17)9-6-10-14(16)18/h6,9-10,12,15H,2-5,7-8,11,19H2,1H3. The fourth-order valence-corrected chi connectivity index (χ4v) is 3.68. The molecule has 1 aliphatic carbocycles. The van der Waals surface area contributed by atoms with Crippen molar-refractivity contribution in [3.63, 3.8) is 0 Å². The van der Waals surface area contributed by atoms with Crippen LogP contribution in [0, 0.1) is 5.82 Å². The van der Waals surface area contributed by atoms with Gasteiger partial charge in [0.1, 0.15) is 5.82 Å². The van der Waals surface area contributed by atoms with Crippen LogP contribution in [0.25, 0.3) is 0 Å². The quantitative estimate of drug-likeness (QED) is 0.885. The van der Waals surface area contributed by atoms with Crippen molar-refractivity contribution < 1.29 is 4.39 Å². The van der Waals surface area contributed by atoms with Crippen molar-refractivity contribution in [2.24, 2.45) is 5.73 Å². The molecule has 0 aromatic heterocycles. The van der Waals surface area contributed by atoms with E-state index in [-0.39, 0.29) is 11.9 Å². The maximum absolute atomic E-state index is 14.2. The van der Waals surface area contributed by atoms with E-state index < -0.39 is 0 Å². The molecule has 1 atom stereocenters. The second-order valence-corrected chi connectivity index (χ2v) is 5.92. The Morgan fingerprint density at radius 1 is 1.35 bits per heavy atom. The van der Waals surface area contributed by atoms with Crippen molar-refractivity contribution in [2.75, 3.05) is 13.1 Å². The average Bonchev–Trinajstić information content (AvgIpc) is 2.47. The lowest BCUT2D eigenvalue weighted by molar-refractivity contribution is 0.112. The third kappa shape index (κ3) is 3.33. The molecule has 4 heteroatoms. The second kappa shape index (κ2) is 7.39. The van der Waals surface area contributed by atoms with E-state index in [9.17, 15) is 4.39 Å². The van der Waals surface area contributed by atoms with Crippen LogP contribution in [0.4, 0.5) is 4.39 Å². The molecule has 0 spiro atoms. The Labute approximate surface area is 126 Å². The predicted octanol–water partition coefficient (Wildman–Crippen LogP) is 4.13. The number of nitrogens with zero attached hydrogens (tertiary/aromatic N) is 1. The zero-order valence-electron chi connectivity index (χ0n) is 12.1. The summed E-state index contributed by atoms with van der Waals surface area (Å²) in [5.41, 5.74) is 6.52. The number of nitrogens with two attached hydrogens (primary N) is 1. The van der Waals surface area contributed by atoms with Gasteiger partial charge in [-0.25, -0.2) is 4.39 Å². The molecule has 0 heterocycles. The summed E-state index contributed by atoms with van der Waals surface area (Å²) in [5, 5.41) is 0.481. The Bertz CT molecular complexity index is 412. The summed E-state index contributed by atoms with van der Waals surface area (Å²) in [6, 6.07) is 5.23. The monoisotopic (exact) mass is 298 g/mol. The van der Waals surface area contributed by atoms with E-state index in [1.165, 1.54) is 38.2 Å². The van der Waals surface area contributed by atoms with Crippen molar-refractivity contribution in [3.05, 3.63) is 34.6 Å². The Morgan fingerprint density at radius 3 is 2.60 bits per heavy atom. The van der Waals surface area contributed by atoms with E-state index in [0.717, 1.165) is 6.54 Å². The van der Waals surface area contributed by atoms with Gasteiger partial charge >= 0.3 is 0 Å². The molecular weight excluding hydrogens is 275 g/mol. The van der Waals surface area contributed by atoms with E-state index in [0.29, 0.717) is 23.2 Å². The summed E-state index contributed by atoms with van der Waals surface area (Å²) in [5.74, 6) is -0.248. The van der Waals surface area contributed by atoms with Crippen molar-refractivity contribution in [1.29, 1.82) is 0 Å². The van der Waals surface area contributed by atoms with Crippen LogP contribution in [0.3, 0.4) is 0 Å². The zero-order valence-corrected chi connectivity index (χ0v) is 12.9. The molecule has 0 aliphatic heterocycles. The molecule has 112 valence electrons. The molecule has 2 nitrogen and oxygen atoms in total. The predicted molar refractivity (Wildman–Crippen MR) is 82.5 cm³/mol. The fourth-order valence-electron chi connectivity index (χ4n) is 3.39. The first-order chi connectivity index (χ1) is 9.69. The lowest BCUT2D eigenvalue weighted by atomic mass is 9.91. The van der Waals surface area contributed by atoms with Crippen molar-refractivity contribution in [2.45, 2.75) is 51.1 Å². The molecular formula is C16H24ClFN2. The molecule has 1 aromatic carbocycles. The Balaban J connectivity index is 2.29. The molecule has 1 aliphatic rings. The number of halogens is 2. The summed E-state index contributed by atoms with van der Waals surface area (Å²) in [6.07, 6.45) is 6.17. The van der Waals surface area contributed by atoms with Crippen LogP contribution in [-0.4, -0.2) is 24.0 Å². The van der Waals surface area contributed by atoms with Gasteiger partial charge in [0.05, 0.1) is 6.04 Å². The number of rotatable bonds is 5. The number of benzene rings is 1. The van der Waals surface area contributed by atoms with E-state index in [1.807, 2.05) is 0 Å². The molecule has 0 bridgehead atoms. The van der Waals surface area contributed by atoms with Crippen LogP contribution in [0.1, 0.15) is 50.6 Å². The summed E-state index contributed by atoms with van der Waals surface area (Å²) in [4.78, 5) is 2.34. The molecule has 2 N–H and O–H groups in total. The molecule has 1 aromatic rings. The number of likely N-dealkylation sites (N-methyl/N-ethyl adjacent to an activating group) is 1. The first-order valence-corrected chi connectivity index (χ1v) is 7.96. The zero-order chi connectivity index (χ0) is 14.5. The molecule has 1 unspecified atom stereocenters. The SMILES string of the molecule is CCN(C1CCCCC1)C(CN)c1c(F)cccc1Cl. The molecule has 0 saturated heterocycles. The van der Waals surface area contributed by atoms with Gasteiger partial charge in [0.15, 0.2) is 0 Å². The van der Waals surface area contributed by atoms with Crippen LogP contribution in [0.5, 0.6) is 0 Å². The van der Waals surface area contributed by atoms with E-state index >= 15 is 0 Å². The van der Waals surface area contributed by atoms with E-state index in [1.54, 1.807) is 12.1 Å². The molecule has 0 amide bonds. The molecule has 2 rings (SSSR count). The van der Waals surface area contributed by atoms with E-state index in [2.05, 4.69) is 11.8 Å². The lowest BCUT2D eigenvalue weighted by Gasteiger charge is -2.39. The highest BCUT2D eigenvalue weighted by Gasteiger charge is 2.29. The Morgan fingerprint density at radius 2 is 2.05 bits per heavy atom. The van der Waals surface area contributed by atoms with Crippen LogP contribution in [0.2, 0.25) is 5.02 Å². The minimum atomic E-state index is -0.248. The largest absolute Gasteiger partial charge is 0.329 e. The average molecular weight is 299 g/mol. The van der Waals surface area contributed by atoms with Gasteiger partial charge in [0.2, 0.25) is 0 Å². The minimum Gasteiger partial charge on any atom is -0.329 e. The highest BCUT2D eigenvalue weighted by molar-refractivity contribution is 6.31. The first kappa shape index (κ1) is 15.7. The maximum Gasteiger partial charge on any atom is 0.129 e. The van der Waals surface area contributed by atoms with Crippen LogP contribution >= 0.6 is 11.6 Å². The maximum atomic E-state index is 14.2. The van der Waals surface area contributed by atoms with Crippen LogP contribution < -0.4 is 5.73 Å². The third-order valence-corrected chi connectivity index (χ3v) is 4.69. The molecule has 1 saturated carbocycles. The van der Waals surface area contributed by atoms with Gasteiger partial charge in [-0.1, -0.05) is 43.9 Å². The smallest absolute Gasteiger partial charge is 0.129 e. The van der Waals surface area contributed by atoms with Crippen molar-refractivity contribution >= 4 is 11.6 Å². The van der Waals surface area contributed by atoms with Gasteiger partial charge in [-0.05, 0) is 31.5 Å². The van der Waals surface area contributed by atoms with Gasteiger partial charge < -0.3 is 5.73 Å². The van der Waals surface area contributed by atoms with Crippen molar-refractivity contribution in [3.8, 4) is 0 Å². The van der Waals surface area contributed by atoms with Gasteiger partial charge in [-0.2, -0.15) is 0 Å². The first-order valence-electron chi connectivity index (χ1n) is 7.58. The molecule has 1 fully saturated rings. The Kier molecular flexibility index (Phi) is 5.82. The van der Waals surface area contributed by atoms with Crippen LogP contribution in [-0.2, 0) is 0 Å². The van der Waals surface area contributed by atoms with Gasteiger partial charge in [0.25, 0.3) is 0 Å². The third-order valence-electron chi connectivity index (χ3n) is 4.37. The summed E-state index contributed by atoms with van der Waals surface area (Å²) in [7, 11) is 0. The number of hydrogen-bond acceptors (Lipinski definition) is 2. The lowest BCUT2D eigenvalue weighted by Crippen LogP contribution is -2.42. The topological polar surface area (TPSA) is 29.3 Å². The van der Waals surface area contributed by atoms with Gasteiger partial charge in [-0.3, -0.25) is 4.90 Å². The second-order valence-electron chi connectivity index (χ2n) is 5.51. The summed E-state index contributed by atoms with van der Waals surface area (Å²) < 4.78 is 14.2. The number of hydrogen-bond donors (Lipinski definition) is 1. The Hall–Kier alpha value is -0.640.